The molecule has 11 aromatic carbocycles. The number of para-hydroxylation sites is 6. The first kappa shape index (κ1) is 49.9. The lowest BCUT2D eigenvalue weighted by atomic mass is 9.33. The molecule has 15 aromatic rings. The molecule has 410 valence electrons. The minimum absolute atomic E-state index is 0.140. The van der Waals surface area contributed by atoms with Crippen LogP contribution in [0.2, 0.25) is 0 Å². The van der Waals surface area contributed by atoms with Crippen molar-refractivity contribution in [2.75, 3.05) is 9.80 Å². The highest BCUT2D eigenvalue weighted by atomic mass is 16.3. The summed E-state index contributed by atoms with van der Waals surface area (Å²) in [6, 6.07) is 82.1. The number of benzene rings is 11. The summed E-state index contributed by atoms with van der Waals surface area (Å²) < 4.78 is 18.8. The van der Waals surface area contributed by atoms with Crippen LogP contribution in [0.5, 0.6) is 0 Å². The largest absolute Gasteiger partial charge is 0.456 e. The zero-order valence-electron chi connectivity index (χ0n) is 48.7. The van der Waals surface area contributed by atoms with Crippen molar-refractivity contribution in [1.82, 2.24) is 9.13 Å². The molecule has 0 saturated carbocycles. The van der Waals surface area contributed by atoms with Crippen molar-refractivity contribution in [2.45, 2.75) is 78.6 Å². The van der Waals surface area contributed by atoms with Gasteiger partial charge in [0.2, 0.25) is 0 Å². The Morgan fingerprint density at radius 1 is 0.353 bits per heavy atom. The molecule has 0 amide bonds. The zero-order chi connectivity index (χ0) is 56.8. The number of furan rings is 2. The summed E-state index contributed by atoms with van der Waals surface area (Å²) in [6.45, 7) is 11.6. The quantitative estimate of drug-likeness (QED) is 0.128. The maximum atomic E-state index is 6.92. The summed E-state index contributed by atoms with van der Waals surface area (Å²) in [4.78, 5) is 5.32. The minimum Gasteiger partial charge on any atom is -0.456 e. The molecule has 0 bridgehead atoms. The highest BCUT2D eigenvalue weighted by Crippen LogP contribution is 2.51. The van der Waals surface area contributed by atoms with E-state index in [1.165, 1.54) is 99.4 Å². The van der Waals surface area contributed by atoms with Crippen LogP contribution in [0.4, 0.5) is 34.1 Å². The fourth-order valence-corrected chi connectivity index (χ4v) is 14.8. The lowest BCUT2D eigenvalue weighted by Crippen LogP contribution is -2.61. The predicted octanol–water partition coefficient (Wildman–Crippen LogP) is 19.7. The van der Waals surface area contributed by atoms with E-state index >= 15 is 0 Å². The molecule has 0 spiro atoms. The molecule has 0 atom stereocenters. The lowest BCUT2D eigenvalue weighted by molar-refractivity contribution is 0.590. The van der Waals surface area contributed by atoms with Gasteiger partial charge in [0, 0.05) is 89.3 Å². The topological polar surface area (TPSA) is 42.6 Å². The van der Waals surface area contributed by atoms with Gasteiger partial charge in [-0.05, 0) is 149 Å². The van der Waals surface area contributed by atoms with E-state index in [0.29, 0.717) is 0 Å². The fourth-order valence-electron chi connectivity index (χ4n) is 14.8. The fraction of sp³-hybridized carbons (Fsp3) is 0.154. The average molecular weight is 1100 g/mol. The first-order valence-electron chi connectivity index (χ1n) is 30.6. The first-order valence-corrected chi connectivity index (χ1v) is 30.6. The second-order valence-electron chi connectivity index (χ2n) is 24.9. The number of aromatic nitrogens is 2. The van der Waals surface area contributed by atoms with Crippen LogP contribution in [0, 0.1) is 0 Å². The van der Waals surface area contributed by atoms with E-state index in [-0.39, 0.29) is 12.1 Å². The minimum atomic E-state index is -0.240. The Balaban J connectivity index is 1.01. The summed E-state index contributed by atoms with van der Waals surface area (Å²) in [5.41, 5.74) is 25.1. The van der Waals surface area contributed by atoms with Crippen LogP contribution < -0.4 is 26.2 Å². The van der Waals surface area contributed by atoms with Crippen LogP contribution in [0.25, 0.3) is 98.9 Å². The molecular formula is C78H63BN4O2. The number of unbranched alkanes of at least 4 members (excludes halogenated alkanes) is 2. The third-order valence-electron chi connectivity index (χ3n) is 18.8. The normalized spacial score (nSPS) is 13.2. The summed E-state index contributed by atoms with van der Waals surface area (Å²) in [6.07, 6.45) is 6.10. The Labute approximate surface area is 494 Å². The van der Waals surface area contributed by atoms with E-state index in [9.17, 15) is 0 Å². The Kier molecular flexibility index (Phi) is 11.1. The summed E-state index contributed by atoms with van der Waals surface area (Å²) in [5.74, 6) is 0. The predicted molar refractivity (Wildman–Crippen MR) is 360 cm³/mol. The standard InChI is InChI=1S/C78H63BN4O2/c1-6-8-22-48-40-59-57-28-14-20-34-73(57)84-75(59)46-67(48)82-69-44-51(80-63-30-16-10-24-53(63)54-25-11-17-31-64(54)80)36-38-61(69)79-62-39-37-52(81-65-32-18-12-26-55(65)56-27-13-19-33-66(56)81)45-70(62)83(72-43-50(78(3,4)5)42-71(82)77(72)79)68-47-76-60(41-49(68)23-9-7-2)58-29-15-21-35-74(58)85-76/h10-21,24-47H,6-9,22-23H2,1-5H3. The Bertz CT molecular complexity index is 4830. The van der Waals surface area contributed by atoms with E-state index in [0.717, 1.165) is 105 Å². The second kappa shape index (κ2) is 18.9. The maximum absolute atomic E-state index is 6.92. The van der Waals surface area contributed by atoms with Crippen LogP contribution in [-0.2, 0) is 18.3 Å². The number of rotatable bonds is 10. The molecule has 17 rings (SSSR count). The zero-order valence-corrected chi connectivity index (χ0v) is 48.7. The van der Waals surface area contributed by atoms with Gasteiger partial charge in [0.15, 0.2) is 0 Å². The van der Waals surface area contributed by atoms with E-state index in [1.807, 2.05) is 0 Å². The number of aryl methyl sites for hydroxylation is 2. The molecule has 6 heterocycles. The summed E-state index contributed by atoms with van der Waals surface area (Å²) in [5, 5.41) is 9.59. The van der Waals surface area contributed by atoms with Gasteiger partial charge in [-0.2, -0.15) is 0 Å². The molecule has 2 aliphatic rings. The molecule has 0 unspecified atom stereocenters. The number of hydrogen-bond acceptors (Lipinski definition) is 4. The van der Waals surface area contributed by atoms with E-state index < -0.39 is 0 Å². The molecule has 85 heavy (non-hydrogen) atoms. The van der Waals surface area contributed by atoms with Gasteiger partial charge in [0.05, 0.1) is 33.4 Å². The molecule has 7 heteroatoms. The second-order valence-corrected chi connectivity index (χ2v) is 24.9. The number of fused-ring (bicyclic) bond motifs is 16. The number of hydrogen-bond donors (Lipinski definition) is 0. The van der Waals surface area contributed by atoms with Gasteiger partial charge in [-0.1, -0.05) is 169 Å². The Morgan fingerprint density at radius 3 is 1.12 bits per heavy atom. The van der Waals surface area contributed by atoms with E-state index in [1.54, 1.807) is 0 Å². The lowest BCUT2D eigenvalue weighted by Gasteiger charge is -2.46. The van der Waals surface area contributed by atoms with Crippen LogP contribution >= 0.6 is 0 Å². The van der Waals surface area contributed by atoms with Crippen LogP contribution in [0.1, 0.15) is 77.0 Å². The van der Waals surface area contributed by atoms with Gasteiger partial charge in [-0.15, -0.1) is 0 Å². The highest BCUT2D eigenvalue weighted by molar-refractivity contribution is 7.00. The van der Waals surface area contributed by atoms with Crippen molar-refractivity contribution in [3.05, 3.63) is 235 Å². The van der Waals surface area contributed by atoms with Gasteiger partial charge in [0.25, 0.3) is 6.71 Å². The van der Waals surface area contributed by atoms with Crippen molar-refractivity contribution in [3.63, 3.8) is 0 Å². The monoisotopic (exact) mass is 1100 g/mol. The van der Waals surface area contributed by atoms with E-state index in [4.69, 9.17) is 8.83 Å². The average Bonchev–Trinajstić information content (AvgIpc) is 1.55. The summed E-state index contributed by atoms with van der Waals surface area (Å²) >= 11 is 0. The third kappa shape index (κ3) is 7.45. The number of nitrogens with zero attached hydrogens (tertiary/aromatic N) is 4. The first-order chi connectivity index (χ1) is 41.7. The number of anilines is 6. The van der Waals surface area contributed by atoms with Gasteiger partial charge < -0.3 is 27.8 Å². The SMILES string of the molecule is CCCCc1cc2c(cc1N1c3cc(-n4c5ccccc5c5ccccc54)ccc3B3c4ccc(-n5c6ccccc6c6ccccc65)cc4N(c4cc5oc6ccccc6c5cc4CCCC)c4cc(C(C)(C)C)cc1c43)oc1ccccc12. The Morgan fingerprint density at radius 2 is 0.729 bits per heavy atom. The smallest absolute Gasteiger partial charge is 0.252 e. The van der Waals surface area contributed by atoms with Gasteiger partial charge in [-0.3, -0.25) is 0 Å². The molecule has 0 N–H and O–H groups in total. The molecule has 0 fully saturated rings. The molecule has 2 aliphatic heterocycles. The van der Waals surface area contributed by atoms with Crippen LogP contribution in [0.3, 0.4) is 0 Å². The molecule has 0 radical (unpaired) electrons. The molecule has 4 aromatic heterocycles. The van der Waals surface area contributed by atoms with E-state index in [2.05, 4.69) is 272 Å². The van der Waals surface area contributed by atoms with Crippen molar-refractivity contribution in [3.8, 4) is 11.4 Å². The van der Waals surface area contributed by atoms with Gasteiger partial charge in [-0.25, -0.2) is 0 Å². The maximum Gasteiger partial charge on any atom is 0.252 e. The Hall–Kier alpha value is -9.72. The molecular weight excluding hydrogens is 1040 g/mol. The van der Waals surface area contributed by atoms with Crippen molar-refractivity contribution in [2.24, 2.45) is 0 Å². The van der Waals surface area contributed by atoms with Crippen molar-refractivity contribution >= 4 is 145 Å². The third-order valence-corrected chi connectivity index (χ3v) is 18.8. The molecule has 0 saturated heterocycles. The highest BCUT2D eigenvalue weighted by Gasteiger charge is 2.45. The van der Waals surface area contributed by atoms with Crippen LogP contribution in [-0.4, -0.2) is 15.8 Å². The van der Waals surface area contributed by atoms with Crippen LogP contribution in [0.15, 0.2) is 227 Å². The van der Waals surface area contributed by atoms with Gasteiger partial charge >= 0.3 is 0 Å². The van der Waals surface area contributed by atoms with Crippen molar-refractivity contribution < 1.29 is 8.83 Å². The van der Waals surface area contributed by atoms with Crippen molar-refractivity contribution in [1.29, 1.82) is 0 Å². The molecule has 0 aliphatic carbocycles. The summed E-state index contributed by atoms with van der Waals surface area (Å²) in [7, 11) is 0. The van der Waals surface area contributed by atoms with Gasteiger partial charge in [0.1, 0.15) is 22.3 Å². The molecule has 6 nitrogen and oxygen atoms in total.